The summed E-state index contributed by atoms with van der Waals surface area (Å²) < 4.78 is 7.59. The third-order valence-corrected chi connectivity index (χ3v) is 3.24. The summed E-state index contributed by atoms with van der Waals surface area (Å²) in [7, 11) is 1.61. The van der Waals surface area contributed by atoms with Gasteiger partial charge in [-0.2, -0.15) is 0 Å². The molecule has 0 saturated heterocycles. The van der Waals surface area contributed by atoms with Crippen LogP contribution in [0.4, 0.5) is 5.69 Å². The van der Waals surface area contributed by atoms with Crippen LogP contribution in [0.2, 0.25) is 0 Å². The highest BCUT2D eigenvalue weighted by Crippen LogP contribution is 2.25. The van der Waals surface area contributed by atoms with E-state index in [4.69, 9.17) is 10.5 Å². The number of nitrogens with two attached hydrogens (primary N) is 1. The summed E-state index contributed by atoms with van der Waals surface area (Å²) >= 11 is 3.42. The highest BCUT2D eigenvalue weighted by Gasteiger charge is 2.04. The van der Waals surface area contributed by atoms with Gasteiger partial charge in [-0.15, -0.1) is 0 Å². The molecular formula is C13H13BrN2O2. The molecule has 1 aromatic heterocycles. The molecule has 4 nitrogen and oxygen atoms in total. The average Bonchev–Trinajstić information content (AvgIpc) is 2.35. The van der Waals surface area contributed by atoms with Crippen molar-refractivity contribution in [3.8, 4) is 5.75 Å². The monoisotopic (exact) mass is 308 g/mol. The maximum atomic E-state index is 11.8. The van der Waals surface area contributed by atoms with Crippen molar-refractivity contribution in [1.82, 2.24) is 4.57 Å². The Morgan fingerprint density at radius 3 is 2.83 bits per heavy atom. The number of anilines is 1. The summed E-state index contributed by atoms with van der Waals surface area (Å²) in [5.74, 6) is 0.763. The normalized spacial score (nSPS) is 10.3. The first-order chi connectivity index (χ1) is 8.61. The Morgan fingerprint density at radius 1 is 1.39 bits per heavy atom. The lowest BCUT2D eigenvalue weighted by Gasteiger charge is -2.09. The lowest BCUT2D eigenvalue weighted by molar-refractivity contribution is 0.412. The number of hydrogen-bond donors (Lipinski definition) is 1. The van der Waals surface area contributed by atoms with E-state index in [0.717, 1.165) is 15.8 Å². The van der Waals surface area contributed by atoms with E-state index in [0.29, 0.717) is 6.54 Å². The number of aromatic nitrogens is 1. The molecule has 2 rings (SSSR count). The SMILES string of the molecule is COc1ccc(Cn2cccc(N)c2=O)cc1Br. The minimum Gasteiger partial charge on any atom is -0.496 e. The van der Waals surface area contributed by atoms with Gasteiger partial charge in [0.15, 0.2) is 0 Å². The first-order valence-electron chi connectivity index (χ1n) is 5.39. The van der Waals surface area contributed by atoms with Crippen molar-refractivity contribution in [1.29, 1.82) is 0 Å². The van der Waals surface area contributed by atoms with Crippen LogP contribution in [0.3, 0.4) is 0 Å². The summed E-state index contributed by atoms with van der Waals surface area (Å²) in [5.41, 5.74) is 6.66. The number of nitrogen functional groups attached to an aromatic ring is 1. The molecule has 18 heavy (non-hydrogen) atoms. The zero-order valence-electron chi connectivity index (χ0n) is 9.89. The lowest BCUT2D eigenvalue weighted by atomic mass is 10.2. The highest BCUT2D eigenvalue weighted by molar-refractivity contribution is 9.10. The standard InChI is InChI=1S/C13H13BrN2O2/c1-18-12-5-4-9(7-10(12)14)8-16-6-2-3-11(15)13(16)17/h2-7H,8,15H2,1H3. The van der Waals surface area contributed by atoms with Crippen LogP contribution < -0.4 is 16.0 Å². The van der Waals surface area contributed by atoms with Crippen LogP contribution in [0.5, 0.6) is 5.75 Å². The number of methoxy groups -OCH3 is 1. The van der Waals surface area contributed by atoms with Gasteiger partial charge < -0.3 is 15.0 Å². The number of benzene rings is 1. The third-order valence-electron chi connectivity index (χ3n) is 2.62. The van der Waals surface area contributed by atoms with Crippen LogP contribution in [0.25, 0.3) is 0 Å². The zero-order chi connectivity index (χ0) is 13.1. The molecule has 94 valence electrons. The van der Waals surface area contributed by atoms with E-state index in [9.17, 15) is 4.79 Å². The predicted octanol–water partition coefficient (Wildman–Crippen LogP) is 2.25. The van der Waals surface area contributed by atoms with E-state index in [1.807, 2.05) is 18.2 Å². The maximum Gasteiger partial charge on any atom is 0.273 e. The fourth-order valence-corrected chi connectivity index (χ4v) is 2.27. The highest BCUT2D eigenvalue weighted by atomic mass is 79.9. The van der Waals surface area contributed by atoms with E-state index in [2.05, 4.69) is 15.9 Å². The van der Waals surface area contributed by atoms with Crippen molar-refractivity contribution in [2.24, 2.45) is 0 Å². The molecule has 0 fully saturated rings. The molecule has 0 unspecified atom stereocenters. The van der Waals surface area contributed by atoms with Gasteiger partial charge in [0, 0.05) is 6.20 Å². The van der Waals surface area contributed by atoms with Gasteiger partial charge in [-0.05, 0) is 45.8 Å². The van der Waals surface area contributed by atoms with Crippen molar-refractivity contribution in [3.63, 3.8) is 0 Å². The first-order valence-corrected chi connectivity index (χ1v) is 6.18. The smallest absolute Gasteiger partial charge is 0.273 e. The maximum absolute atomic E-state index is 11.8. The summed E-state index contributed by atoms with van der Waals surface area (Å²) in [6.07, 6.45) is 1.72. The Labute approximate surface area is 113 Å². The molecule has 2 N–H and O–H groups in total. The van der Waals surface area contributed by atoms with Crippen molar-refractivity contribution in [3.05, 3.63) is 56.9 Å². The van der Waals surface area contributed by atoms with Crippen LogP contribution in [-0.4, -0.2) is 11.7 Å². The summed E-state index contributed by atoms with van der Waals surface area (Å²) in [4.78, 5) is 11.8. The topological polar surface area (TPSA) is 57.2 Å². The quantitative estimate of drug-likeness (QED) is 0.946. The molecule has 0 aliphatic heterocycles. The van der Waals surface area contributed by atoms with Gasteiger partial charge in [0.05, 0.1) is 23.8 Å². The second-order valence-electron chi connectivity index (χ2n) is 3.87. The van der Waals surface area contributed by atoms with E-state index < -0.39 is 0 Å². The molecule has 5 heteroatoms. The molecule has 0 aliphatic carbocycles. The lowest BCUT2D eigenvalue weighted by Crippen LogP contribution is -2.22. The molecule has 0 spiro atoms. The Kier molecular flexibility index (Phi) is 3.72. The van der Waals surface area contributed by atoms with Gasteiger partial charge in [-0.1, -0.05) is 6.07 Å². The van der Waals surface area contributed by atoms with Gasteiger partial charge in [-0.3, -0.25) is 4.79 Å². The summed E-state index contributed by atoms with van der Waals surface area (Å²) in [6, 6.07) is 9.06. The van der Waals surface area contributed by atoms with Crippen LogP contribution in [0.15, 0.2) is 45.8 Å². The number of rotatable bonds is 3. The first kappa shape index (κ1) is 12.7. The number of halogens is 1. The molecule has 2 aromatic rings. The van der Waals surface area contributed by atoms with Gasteiger partial charge in [0.25, 0.3) is 5.56 Å². The Bertz CT molecular complexity index is 623. The Morgan fingerprint density at radius 2 is 2.17 bits per heavy atom. The third kappa shape index (κ3) is 2.56. The van der Waals surface area contributed by atoms with Crippen molar-refractivity contribution < 1.29 is 4.74 Å². The van der Waals surface area contributed by atoms with E-state index in [-0.39, 0.29) is 11.2 Å². The molecular weight excluding hydrogens is 296 g/mol. The van der Waals surface area contributed by atoms with Crippen LogP contribution in [0, 0.1) is 0 Å². The van der Waals surface area contributed by atoms with E-state index in [1.165, 1.54) is 0 Å². The molecule has 0 aliphatic rings. The van der Waals surface area contributed by atoms with Crippen LogP contribution in [0.1, 0.15) is 5.56 Å². The van der Waals surface area contributed by atoms with Gasteiger partial charge in [0.1, 0.15) is 5.75 Å². The van der Waals surface area contributed by atoms with Gasteiger partial charge in [-0.25, -0.2) is 0 Å². The van der Waals surface area contributed by atoms with Gasteiger partial charge in [0.2, 0.25) is 0 Å². The molecule has 0 radical (unpaired) electrons. The summed E-state index contributed by atoms with van der Waals surface area (Å²) in [5, 5.41) is 0. The largest absolute Gasteiger partial charge is 0.496 e. The summed E-state index contributed by atoms with van der Waals surface area (Å²) in [6.45, 7) is 0.479. The second kappa shape index (κ2) is 5.27. The number of pyridine rings is 1. The van der Waals surface area contributed by atoms with Crippen molar-refractivity contribution in [2.75, 3.05) is 12.8 Å². The fourth-order valence-electron chi connectivity index (χ4n) is 1.68. The molecule has 0 atom stereocenters. The fraction of sp³-hybridized carbons (Fsp3) is 0.154. The minimum atomic E-state index is -0.176. The van der Waals surface area contributed by atoms with Crippen LogP contribution >= 0.6 is 15.9 Å². The predicted molar refractivity (Wildman–Crippen MR) is 74.9 cm³/mol. The molecule has 1 aromatic carbocycles. The molecule has 0 amide bonds. The second-order valence-corrected chi connectivity index (χ2v) is 4.72. The minimum absolute atomic E-state index is 0.176. The molecule has 0 saturated carbocycles. The zero-order valence-corrected chi connectivity index (χ0v) is 11.5. The van der Waals surface area contributed by atoms with E-state index in [1.54, 1.807) is 30.0 Å². The Balaban J connectivity index is 2.32. The number of ether oxygens (including phenoxy) is 1. The number of hydrogen-bond acceptors (Lipinski definition) is 3. The van der Waals surface area contributed by atoms with E-state index >= 15 is 0 Å². The molecule has 1 heterocycles. The molecule has 0 bridgehead atoms. The number of nitrogens with zero attached hydrogens (tertiary/aromatic N) is 1. The van der Waals surface area contributed by atoms with Gasteiger partial charge >= 0.3 is 0 Å². The average molecular weight is 309 g/mol. The van der Waals surface area contributed by atoms with Crippen molar-refractivity contribution >= 4 is 21.6 Å². The van der Waals surface area contributed by atoms with Crippen LogP contribution in [-0.2, 0) is 6.54 Å². The van der Waals surface area contributed by atoms with Crippen molar-refractivity contribution in [2.45, 2.75) is 6.54 Å². The Hall–Kier alpha value is -1.75.